The summed E-state index contributed by atoms with van der Waals surface area (Å²) in [7, 11) is 0. The van der Waals surface area contributed by atoms with Gasteiger partial charge in [0.05, 0.1) is 12.2 Å². The summed E-state index contributed by atoms with van der Waals surface area (Å²) in [4.78, 5) is 18.5. The Balaban J connectivity index is 1.33. The molecule has 2 aromatic heterocycles. The summed E-state index contributed by atoms with van der Waals surface area (Å²) in [6.45, 7) is 2.13. The smallest absolute Gasteiger partial charge is 0.255 e. The molecule has 1 fully saturated rings. The largest absolute Gasteiger partial charge is 0.493 e. The van der Waals surface area contributed by atoms with Crippen LogP contribution in [0.2, 0.25) is 0 Å². The van der Waals surface area contributed by atoms with E-state index in [0.29, 0.717) is 18.1 Å². The standard InChI is InChI=1S/C18H17N3O2/c22-18(15-6-7-17-19-8-9-20(17)12-15)21-10-14(11-21)13-23-16-4-2-1-3-5-16/h1-9,12,14H,10-11,13H2. The summed E-state index contributed by atoms with van der Waals surface area (Å²) in [6, 6.07) is 13.5. The van der Waals surface area contributed by atoms with Gasteiger partial charge in [0, 0.05) is 37.6 Å². The number of carbonyl (C=O) groups excluding carboxylic acids is 1. The molecule has 5 heteroatoms. The third kappa shape index (κ3) is 2.77. The number of likely N-dealkylation sites (tertiary alicyclic amines) is 1. The number of benzene rings is 1. The van der Waals surface area contributed by atoms with Crippen molar-refractivity contribution in [2.45, 2.75) is 0 Å². The molecular formula is C18H17N3O2. The van der Waals surface area contributed by atoms with Crippen molar-refractivity contribution in [1.29, 1.82) is 0 Å². The lowest BCUT2D eigenvalue weighted by Crippen LogP contribution is -2.52. The van der Waals surface area contributed by atoms with E-state index in [1.807, 2.05) is 64.2 Å². The summed E-state index contributed by atoms with van der Waals surface area (Å²) in [5, 5.41) is 0. The molecule has 1 saturated heterocycles. The minimum Gasteiger partial charge on any atom is -0.493 e. The van der Waals surface area contributed by atoms with Gasteiger partial charge in [-0.25, -0.2) is 4.98 Å². The van der Waals surface area contributed by atoms with Crippen LogP contribution < -0.4 is 4.74 Å². The van der Waals surface area contributed by atoms with Gasteiger partial charge in [-0.15, -0.1) is 0 Å². The molecule has 0 atom stereocenters. The van der Waals surface area contributed by atoms with Crippen molar-refractivity contribution in [2.75, 3.05) is 19.7 Å². The monoisotopic (exact) mass is 307 g/mol. The fourth-order valence-electron chi connectivity index (χ4n) is 2.80. The molecule has 1 aromatic carbocycles. The van der Waals surface area contributed by atoms with Crippen molar-refractivity contribution < 1.29 is 9.53 Å². The number of nitrogens with zero attached hydrogens (tertiary/aromatic N) is 3. The molecule has 0 saturated carbocycles. The second-order valence-corrected chi connectivity index (χ2v) is 5.81. The highest BCUT2D eigenvalue weighted by molar-refractivity contribution is 5.94. The zero-order chi connectivity index (χ0) is 15.6. The zero-order valence-electron chi connectivity index (χ0n) is 12.6. The van der Waals surface area contributed by atoms with Gasteiger partial charge in [-0.05, 0) is 24.3 Å². The maximum absolute atomic E-state index is 12.5. The molecule has 0 unspecified atom stereocenters. The molecule has 4 rings (SSSR count). The van der Waals surface area contributed by atoms with Gasteiger partial charge in [0.15, 0.2) is 0 Å². The normalized spacial score (nSPS) is 14.7. The number of aromatic nitrogens is 2. The maximum atomic E-state index is 12.5. The van der Waals surface area contributed by atoms with E-state index in [9.17, 15) is 4.79 Å². The SMILES string of the molecule is O=C(c1ccc2nccn2c1)N1CC(COc2ccccc2)C1. The number of imidazole rings is 1. The van der Waals surface area contributed by atoms with Gasteiger partial charge in [0.25, 0.3) is 5.91 Å². The third-order valence-electron chi connectivity index (χ3n) is 4.11. The van der Waals surface area contributed by atoms with E-state index >= 15 is 0 Å². The van der Waals surface area contributed by atoms with Crippen molar-refractivity contribution in [3.63, 3.8) is 0 Å². The van der Waals surface area contributed by atoms with Crippen LogP contribution in [0.1, 0.15) is 10.4 Å². The topological polar surface area (TPSA) is 46.8 Å². The van der Waals surface area contributed by atoms with E-state index < -0.39 is 0 Å². The second-order valence-electron chi connectivity index (χ2n) is 5.81. The van der Waals surface area contributed by atoms with Crippen molar-refractivity contribution in [2.24, 2.45) is 5.92 Å². The average Bonchev–Trinajstić information content (AvgIpc) is 3.01. The van der Waals surface area contributed by atoms with Crippen LogP contribution in [0.3, 0.4) is 0 Å². The molecule has 0 bridgehead atoms. The van der Waals surface area contributed by atoms with Crippen LogP contribution in [0, 0.1) is 5.92 Å². The lowest BCUT2D eigenvalue weighted by Gasteiger charge is -2.39. The van der Waals surface area contributed by atoms with Crippen LogP contribution in [0.5, 0.6) is 5.75 Å². The van der Waals surface area contributed by atoms with Crippen LogP contribution >= 0.6 is 0 Å². The summed E-state index contributed by atoms with van der Waals surface area (Å²) < 4.78 is 7.60. The van der Waals surface area contributed by atoms with Crippen molar-refractivity contribution in [3.05, 3.63) is 66.6 Å². The first-order valence-corrected chi connectivity index (χ1v) is 7.69. The quantitative estimate of drug-likeness (QED) is 0.744. The molecule has 3 aromatic rings. The fourth-order valence-corrected chi connectivity index (χ4v) is 2.80. The molecule has 23 heavy (non-hydrogen) atoms. The highest BCUT2D eigenvalue weighted by atomic mass is 16.5. The number of pyridine rings is 1. The van der Waals surface area contributed by atoms with E-state index in [4.69, 9.17) is 4.74 Å². The van der Waals surface area contributed by atoms with Gasteiger partial charge in [-0.3, -0.25) is 4.79 Å². The van der Waals surface area contributed by atoms with Gasteiger partial charge in [0.2, 0.25) is 0 Å². The second kappa shape index (κ2) is 5.76. The molecule has 1 aliphatic rings. The van der Waals surface area contributed by atoms with Crippen molar-refractivity contribution in [3.8, 4) is 5.75 Å². The predicted molar refractivity (Wildman–Crippen MR) is 86.5 cm³/mol. The van der Waals surface area contributed by atoms with E-state index in [-0.39, 0.29) is 5.91 Å². The molecule has 0 radical (unpaired) electrons. The van der Waals surface area contributed by atoms with E-state index in [1.54, 1.807) is 6.20 Å². The molecule has 0 N–H and O–H groups in total. The van der Waals surface area contributed by atoms with Gasteiger partial charge < -0.3 is 14.0 Å². The Hall–Kier alpha value is -2.82. The number of hydrogen-bond donors (Lipinski definition) is 0. The number of fused-ring (bicyclic) bond motifs is 1. The Morgan fingerprint density at radius 2 is 2.00 bits per heavy atom. The lowest BCUT2D eigenvalue weighted by molar-refractivity contribution is 0.0393. The zero-order valence-corrected chi connectivity index (χ0v) is 12.6. The summed E-state index contributed by atoms with van der Waals surface area (Å²) in [5.41, 5.74) is 1.54. The third-order valence-corrected chi connectivity index (χ3v) is 4.11. The Morgan fingerprint density at radius 3 is 2.83 bits per heavy atom. The Morgan fingerprint density at radius 1 is 1.17 bits per heavy atom. The van der Waals surface area contributed by atoms with Gasteiger partial charge in [-0.2, -0.15) is 0 Å². The molecule has 3 heterocycles. The minimum absolute atomic E-state index is 0.0663. The number of para-hydroxylation sites is 1. The van der Waals surface area contributed by atoms with E-state index in [0.717, 1.165) is 24.5 Å². The van der Waals surface area contributed by atoms with Gasteiger partial charge in [0.1, 0.15) is 11.4 Å². The molecule has 1 aliphatic heterocycles. The number of ether oxygens (including phenoxy) is 1. The first kappa shape index (κ1) is 13.8. The average molecular weight is 307 g/mol. The van der Waals surface area contributed by atoms with Crippen molar-refractivity contribution >= 4 is 11.6 Å². The lowest BCUT2D eigenvalue weighted by atomic mass is 10.00. The molecular weight excluding hydrogens is 290 g/mol. The van der Waals surface area contributed by atoms with E-state index in [2.05, 4.69) is 4.98 Å². The first-order chi connectivity index (χ1) is 11.3. The molecule has 116 valence electrons. The summed E-state index contributed by atoms with van der Waals surface area (Å²) in [6.07, 6.45) is 5.40. The fraction of sp³-hybridized carbons (Fsp3) is 0.222. The van der Waals surface area contributed by atoms with Crippen LogP contribution in [0.4, 0.5) is 0 Å². The van der Waals surface area contributed by atoms with Crippen LogP contribution in [0.15, 0.2) is 61.1 Å². The molecule has 5 nitrogen and oxygen atoms in total. The minimum atomic E-state index is 0.0663. The number of rotatable bonds is 4. The molecule has 1 amide bonds. The Bertz CT molecular complexity index is 822. The summed E-state index contributed by atoms with van der Waals surface area (Å²) >= 11 is 0. The molecule has 0 spiro atoms. The number of amides is 1. The van der Waals surface area contributed by atoms with Crippen molar-refractivity contribution in [1.82, 2.24) is 14.3 Å². The van der Waals surface area contributed by atoms with Gasteiger partial charge in [-0.1, -0.05) is 18.2 Å². The summed E-state index contributed by atoms with van der Waals surface area (Å²) in [5.74, 6) is 1.34. The van der Waals surface area contributed by atoms with Gasteiger partial charge >= 0.3 is 0 Å². The Labute approximate surface area is 134 Å². The first-order valence-electron chi connectivity index (χ1n) is 7.69. The maximum Gasteiger partial charge on any atom is 0.255 e. The van der Waals surface area contributed by atoms with Crippen LogP contribution in [-0.4, -0.2) is 39.9 Å². The highest BCUT2D eigenvalue weighted by Crippen LogP contribution is 2.20. The van der Waals surface area contributed by atoms with Crippen LogP contribution in [0.25, 0.3) is 5.65 Å². The van der Waals surface area contributed by atoms with E-state index in [1.165, 1.54) is 0 Å². The number of carbonyl (C=O) groups is 1. The van der Waals surface area contributed by atoms with Crippen LogP contribution in [-0.2, 0) is 0 Å². The highest BCUT2D eigenvalue weighted by Gasteiger charge is 2.31. The predicted octanol–water partition coefficient (Wildman–Crippen LogP) is 2.49. The molecule has 0 aliphatic carbocycles. The number of hydrogen-bond acceptors (Lipinski definition) is 3. The Kier molecular flexibility index (Phi) is 3.46.